The van der Waals surface area contributed by atoms with Crippen molar-refractivity contribution in [2.45, 2.75) is 72.1 Å². The third-order valence-corrected chi connectivity index (χ3v) is 7.47. The molecule has 0 aromatic heterocycles. The van der Waals surface area contributed by atoms with E-state index in [-0.39, 0.29) is 0 Å². The second-order valence-electron chi connectivity index (χ2n) is 9.75. The van der Waals surface area contributed by atoms with Crippen molar-refractivity contribution in [2.24, 2.45) is 5.92 Å². The standard InChI is InChI=1S/C32H39BrO3/c1-4-6-7-8-9-10-11-24-12-18-29(32(34)35)30(20-24)28-19-15-26(21-31(28)33)25-13-16-27(17-14-25)36-22-23(3)5-2/h12-21,23H,4-11,22H2,1-3H3,(H,34,35). The topological polar surface area (TPSA) is 46.5 Å². The monoisotopic (exact) mass is 550 g/mol. The van der Waals surface area contributed by atoms with Gasteiger partial charge in [-0.05, 0) is 70.8 Å². The van der Waals surface area contributed by atoms with Crippen molar-refractivity contribution >= 4 is 21.9 Å². The third kappa shape index (κ3) is 7.96. The first-order valence-corrected chi connectivity index (χ1v) is 14.1. The van der Waals surface area contributed by atoms with Crippen LogP contribution in [-0.4, -0.2) is 17.7 Å². The summed E-state index contributed by atoms with van der Waals surface area (Å²) in [6, 6.07) is 20.1. The molecule has 0 bridgehead atoms. The van der Waals surface area contributed by atoms with Crippen molar-refractivity contribution in [2.75, 3.05) is 6.61 Å². The first-order chi connectivity index (χ1) is 17.4. The zero-order chi connectivity index (χ0) is 25.9. The summed E-state index contributed by atoms with van der Waals surface area (Å²) < 4.78 is 6.77. The van der Waals surface area contributed by atoms with Gasteiger partial charge in [0.1, 0.15) is 5.75 Å². The first-order valence-electron chi connectivity index (χ1n) is 13.3. The van der Waals surface area contributed by atoms with Crippen LogP contribution in [-0.2, 0) is 6.42 Å². The van der Waals surface area contributed by atoms with E-state index in [0.29, 0.717) is 11.5 Å². The van der Waals surface area contributed by atoms with Crippen LogP contribution in [0.3, 0.4) is 0 Å². The quantitative estimate of drug-likeness (QED) is 0.203. The van der Waals surface area contributed by atoms with Crippen molar-refractivity contribution in [1.82, 2.24) is 0 Å². The summed E-state index contributed by atoms with van der Waals surface area (Å²) in [5, 5.41) is 9.83. The van der Waals surface area contributed by atoms with Gasteiger partial charge in [0.05, 0.1) is 12.2 Å². The summed E-state index contributed by atoms with van der Waals surface area (Å²) in [5.41, 5.74) is 5.34. The Labute approximate surface area is 225 Å². The van der Waals surface area contributed by atoms with Gasteiger partial charge in [0.15, 0.2) is 0 Å². The molecule has 1 N–H and O–H groups in total. The van der Waals surface area contributed by atoms with Crippen LogP contribution in [0.4, 0.5) is 0 Å². The Morgan fingerprint density at radius 2 is 1.56 bits per heavy atom. The smallest absolute Gasteiger partial charge is 0.336 e. The summed E-state index contributed by atoms with van der Waals surface area (Å²) in [6.07, 6.45) is 9.55. The van der Waals surface area contributed by atoms with Gasteiger partial charge in [-0.3, -0.25) is 0 Å². The molecule has 36 heavy (non-hydrogen) atoms. The maximum atomic E-state index is 12.0. The fraction of sp³-hybridized carbons (Fsp3) is 0.406. The van der Waals surface area contributed by atoms with E-state index >= 15 is 0 Å². The SMILES string of the molecule is CCCCCCCCc1ccc(C(=O)O)c(-c2ccc(-c3ccc(OCC(C)CC)cc3)cc2Br)c1. The molecule has 1 atom stereocenters. The zero-order valence-electron chi connectivity index (χ0n) is 21.9. The molecule has 0 amide bonds. The van der Waals surface area contributed by atoms with E-state index in [9.17, 15) is 9.90 Å². The van der Waals surface area contributed by atoms with Gasteiger partial charge >= 0.3 is 5.97 Å². The molecule has 0 spiro atoms. The number of ether oxygens (including phenoxy) is 1. The lowest BCUT2D eigenvalue weighted by Gasteiger charge is -2.14. The number of benzene rings is 3. The molecule has 0 aliphatic rings. The van der Waals surface area contributed by atoms with Crippen LogP contribution >= 0.6 is 15.9 Å². The van der Waals surface area contributed by atoms with Crippen LogP contribution in [0.5, 0.6) is 5.75 Å². The molecule has 4 heteroatoms. The molecule has 3 rings (SSSR count). The molecule has 3 nitrogen and oxygen atoms in total. The van der Waals surface area contributed by atoms with Gasteiger partial charge < -0.3 is 9.84 Å². The molecule has 0 fully saturated rings. The van der Waals surface area contributed by atoms with Gasteiger partial charge in [0.2, 0.25) is 0 Å². The molecule has 0 aliphatic carbocycles. The van der Waals surface area contributed by atoms with E-state index in [4.69, 9.17) is 4.74 Å². The highest BCUT2D eigenvalue weighted by molar-refractivity contribution is 9.10. The summed E-state index contributed by atoms with van der Waals surface area (Å²) in [4.78, 5) is 12.0. The third-order valence-electron chi connectivity index (χ3n) is 6.81. The Kier molecular flexibility index (Phi) is 11.1. The molecule has 0 radical (unpaired) electrons. The van der Waals surface area contributed by atoms with Gasteiger partial charge in [0.25, 0.3) is 0 Å². The first kappa shape index (κ1) is 28.0. The molecule has 1 unspecified atom stereocenters. The highest BCUT2D eigenvalue weighted by Gasteiger charge is 2.15. The van der Waals surface area contributed by atoms with E-state index in [1.807, 2.05) is 24.3 Å². The average molecular weight is 552 g/mol. The minimum Gasteiger partial charge on any atom is -0.493 e. The van der Waals surface area contributed by atoms with Crippen LogP contribution in [0.25, 0.3) is 22.3 Å². The number of carboxylic acids is 1. The van der Waals surface area contributed by atoms with Crippen molar-refractivity contribution in [3.63, 3.8) is 0 Å². The summed E-state index contributed by atoms with van der Waals surface area (Å²) in [5.74, 6) is 0.510. The number of aryl methyl sites for hydroxylation is 1. The Morgan fingerprint density at radius 3 is 2.22 bits per heavy atom. The number of carboxylic acid groups (broad SMARTS) is 1. The van der Waals surface area contributed by atoms with Gasteiger partial charge in [0, 0.05) is 4.47 Å². The van der Waals surface area contributed by atoms with Gasteiger partial charge in [-0.1, -0.05) is 112 Å². The van der Waals surface area contributed by atoms with Crippen LogP contribution < -0.4 is 4.74 Å². The van der Waals surface area contributed by atoms with E-state index in [1.165, 1.54) is 37.7 Å². The van der Waals surface area contributed by atoms with E-state index in [2.05, 4.69) is 67.0 Å². The number of carbonyl (C=O) groups is 1. The summed E-state index contributed by atoms with van der Waals surface area (Å²) in [6.45, 7) is 7.31. The van der Waals surface area contributed by atoms with Crippen LogP contribution in [0.2, 0.25) is 0 Å². The summed E-state index contributed by atoms with van der Waals surface area (Å²) in [7, 11) is 0. The molecule has 0 heterocycles. The molecule has 3 aromatic carbocycles. The number of hydrogen-bond donors (Lipinski definition) is 1. The van der Waals surface area contributed by atoms with Crippen LogP contribution in [0.15, 0.2) is 65.1 Å². The second kappa shape index (κ2) is 14.2. The van der Waals surface area contributed by atoms with Gasteiger partial charge in [-0.15, -0.1) is 0 Å². The highest BCUT2D eigenvalue weighted by atomic mass is 79.9. The number of hydrogen-bond acceptors (Lipinski definition) is 2. The number of aromatic carboxylic acids is 1. The average Bonchev–Trinajstić information content (AvgIpc) is 2.89. The number of halogens is 1. The Balaban J connectivity index is 1.77. The Morgan fingerprint density at radius 1 is 0.861 bits per heavy atom. The highest BCUT2D eigenvalue weighted by Crippen LogP contribution is 2.35. The lowest BCUT2D eigenvalue weighted by Crippen LogP contribution is -2.06. The fourth-order valence-electron chi connectivity index (χ4n) is 4.28. The predicted molar refractivity (Wildman–Crippen MR) is 154 cm³/mol. The molecule has 0 saturated heterocycles. The lowest BCUT2D eigenvalue weighted by molar-refractivity contribution is 0.0697. The molecule has 192 valence electrons. The van der Waals surface area contributed by atoms with Gasteiger partial charge in [-0.25, -0.2) is 4.79 Å². The fourth-order valence-corrected chi connectivity index (χ4v) is 4.87. The largest absolute Gasteiger partial charge is 0.493 e. The van der Waals surface area contributed by atoms with E-state index < -0.39 is 5.97 Å². The molecular weight excluding hydrogens is 512 g/mol. The maximum absolute atomic E-state index is 12.0. The van der Waals surface area contributed by atoms with Gasteiger partial charge in [-0.2, -0.15) is 0 Å². The van der Waals surface area contributed by atoms with Crippen molar-refractivity contribution < 1.29 is 14.6 Å². The second-order valence-corrected chi connectivity index (χ2v) is 10.6. The minimum absolute atomic E-state index is 0.331. The predicted octanol–water partition coefficient (Wildman–Crippen LogP) is 9.81. The Hall–Kier alpha value is -2.59. The Bertz CT molecular complexity index is 1120. The van der Waals surface area contributed by atoms with Crippen LogP contribution in [0, 0.1) is 5.92 Å². The van der Waals surface area contributed by atoms with Crippen molar-refractivity contribution in [3.05, 3.63) is 76.3 Å². The molecule has 0 aliphatic heterocycles. The molecule has 0 saturated carbocycles. The number of rotatable bonds is 14. The van der Waals surface area contributed by atoms with E-state index in [0.717, 1.165) is 58.3 Å². The number of unbranched alkanes of at least 4 members (excludes halogenated alkanes) is 5. The lowest BCUT2D eigenvalue weighted by atomic mass is 9.93. The normalized spacial score (nSPS) is 11.9. The van der Waals surface area contributed by atoms with Crippen molar-refractivity contribution in [3.8, 4) is 28.0 Å². The zero-order valence-corrected chi connectivity index (χ0v) is 23.4. The molecular formula is C32H39BrO3. The maximum Gasteiger partial charge on any atom is 0.336 e. The van der Waals surface area contributed by atoms with E-state index in [1.54, 1.807) is 6.07 Å². The van der Waals surface area contributed by atoms with Crippen molar-refractivity contribution in [1.29, 1.82) is 0 Å². The molecule has 3 aromatic rings. The minimum atomic E-state index is -0.903. The summed E-state index contributed by atoms with van der Waals surface area (Å²) >= 11 is 3.72. The van der Waals surface area contributed by atoms with Crippen LogP contribution in [0.1, 0.15) is 81.6 Å².